The minimum Gasteiger partial charge on any atom is -0.333 e. The van der Waals surface area contributed by atoms with Gasteiger partial charge in [0.25, 0.3) is 0 Å². The van der Waals surface area contributed by atoms with Gasteiger partial charge in [0.2, 0.25) is 0 Å². The predicted octanol–water partition coefficient (Wildman–Crippen LogP) is 8.42. The Morgan fingerprint density at radius 3 is 2.19 bits per heavy atom. The number of Topliss-reactive ketones (excluding diaryl/α,β-unsaturated/α-hetero) is 1. The van der Waals surface area contributed by atoms with Gasteiger partial charge in [-0.3, -0.25) is 4.79 Å². The number of fused-ring (bicyclic) bond motifs is 2. The van der Waals surface area contributed by atoms with E-state index in [0.717, 1.165) is 45.9 Å². The van der Waals surface area contributed by atoms with Crippen molar-refractivity contribution in [2.24, 2.45) is 34.8 Å². The van der Waals surface area contributed by atoms with Crippen LogP contribution in [0.25, 0.3) is 0 Å². The van der Waals surface area contributed by atoms with E-state index in [0.29, 0.717) is 0 Å². The molecule has 2 bridgehead atoms. The number of benzene rings is 1. The topological polar surface area (TPSA) is 63.4 Å². The van der Waals surface area contributed by atoms with E-state index in [2.05, 4.69) is 56.3 Å². The number of nitrogens with zero attached hydrogens (tertiary/aromatic N) is 1. The Balaban J connectivity index is 0.000000562. The molecule has 2 aliphatic carbocycles. The maximum Gasteiger partial charge on any atom is 0.150 e. The highest BCUT2D eigenvalue weighted by Crippen LogP contribution is 2.51. The fraction of sp³-hybridized carbons (Fsp3) is 0.733. The lowest BCUT2D eigenvalue weighted by Crippen LogP contribution is -2.42. The molecule has 3 rings (SSSR count). The van der Waals surface area contributed by atoms with Crippen LogP contribution in [0.1, 0.15) is 93.9 Å². The van der Waals surface area contributed by atoms with Gasteiger partial charge in [0.1, 0.15) is 12.1 Å². The van der Waals surface area contributed by atoms with Crippen molar-refractivity contribution in [3.63, 3.8) is 0 Å². The van der Waals surface area contributed by atoms with E-state index in [9.17, 15) is 9.59 Å². The van der Waals surface area contributed by atoms with Crippen LogP contribution < -0.4 is 5.73 Å². The van der Waals surface area contributed by atoms with Gasteiger partial charge in [-0.05, 0) is 124 Å². The van der Waals surface area contributed by atoms with Crippen LogP contribution in [0.15, 0.2) is 33.6 Å². The van der Waals surface area contributed by atoms with Crippen LogP contribution in [-0.4, -0.2) is 36.0 Å². The van der Waals surface area contributed by atoms with Crippen LogP contribution in [0.4, 0.5) is 0 Å². The molecule has 0 saturated heterocycles. The second-order valence-electron chi connectivity index (χ2n) is 11.2. The summed E-state index contributed by atoms with van der Waals surface area (Å²) in [4.78, 5) is 23.7. The number of ketones is 1. The highest BCUT2D eigenvalue weighted by molar-refractivity contribution is 9.10. The van der Waals surface area contributed by atoms with Crippen molar-refractivity contribution in [3.8, 4) is 0 Å². The Hall–Kier alpha value is -0.690. The fourth-order valence-electron chi connectivity index (χ4n) is 4.82. The summed E-state index contributed by atoms with van der Waals surface area (Å²) in [5, 5.41) is 0. The third kappa shape index (κ3) is 11.0. The molecule has 0 aliphatic heterocycles. The van der Waals surface area contributed by atoms with Gasteiger partial charge in [-0.25, -0.2) is 4.31 Å². The molecule has 0 amide bonds. The van der Waals surface area contributed by atoms with Crippen molar-refractivity contribution in [1.82, 2.24) is 4.31 Å². The summed E-state index contributed by atoms with van der Waals surface area (Å²) >= 11 is 5.07. The lowest BCUT2D eigenvalue weighted by Gasteiger charge is -2.48. The molecule has 36 heavy (non-hydrogen) atoms. The minimum absolute atomic E-state index is 0.00197. The zero-order chi connectivity index (χ0) is 28.1. The summed E-state index contributed by atoms with van der Waals surface area (Å²) in [6.07, 6.45) is 8.87. The van der Waals surface area contributed by atoms with E-state index in [1.165, 1.54) is 39.0 Å². The lowest BCUT2D eigenvalue weighted by molar-refractivity contribution is -0.124. The van der Waals surface area contributed by atoms with Crippen molar-refractivity contribution in [3.05, 3.63) is 28.7 Å². The van der Waals surface area contributed by atoms with Crippen LogP contribution in [-0.2, 0) is 9.59 Å². The normalized spacial score (nSPS) is 26.8. The third-order valence-corrected chi connectivity index (χ3v) is 10.2. The molecule has 0 heterocycles. The molecule has 2 N–H and O–H groups in total. The molecule has 0 spiro atoms. The molecular formula is C30H53BrN2O2S. The number of carbonyl (C=O) groups is 2. The van der Waals surface area contributed by atoms with Crippen LogP contribution in [0, 0.1) is 29.1 Å². The van der Waals surface area contributed by atoms with E-state index >= 15 is 0 Å². The molecule has 1 aromatic rings. The van der Waals surface area contributed by atoms with Crippen molar-refractivity contribution in [2.75, 3.05) is 14.1 Å². The smallest absolute Gasteiger partial charge is 0.150 e. The Morgan fingerprint density at radius 2 is 1.72 bits per heavy atom. The molecule has 5 unspecified atom stereocenters. The summed E-state index contributed by atoms with van der Waals surface area (Å²) in [6, 6.07) is 7.99. The Morgan fingerprint density at radius 1 is 1.17 bits per heavy atom. The Labute approximate surface area is 235 Å². The molecule has 2 aliphatic rings. The number of unbranched alkanes of at least 4 members (excludes halogenated alkanes) is 1. The van der Waals surface area contributed by atoms with Crippen molar-refractivity contribution in [2.45, 2.75) is 104 Å². The molecular weight excluding hydrogens is 532 g/mol. The van der Waals surface area contributed by atoms with Crippen LogP contribution in [0.2, 0.25) is 0 Å². The SMILES string of the molecule is CC(=O)C(C)(C)N(C)Sc1ccccc1Br.CC1CC2CC(CC(C)(C=O)C2)C1C.CCCC.CN. The summed E-state index contributed by atoms with van der Waals surface area (Å²) in [5.41, 5.74) is 4.04. The first-order valence-electron chi connectivity index (χ1n) is 13.5. The maximum absolute atomic E-state index is 11.5. The van der Waals surface area contributed by atoms with Crippen molar-refractivity contribution in [1.29, 1.82) is 0 Å². The maximum atomic E-state index is 11.5. The monoisotopic (exact) mass is 584 g/mol. The van der Waals surface area contributed by atoms with Crippen molar-refractivity contribution >= 4 is 39.9 Å². The number of halogens is 1. The van der Waals surface area contributed by atoms with Crippen LogP contribution in [0.3, 0.4) is 0 Å². The fourth-order valence-corrected chi connectivity index (χ4v) is 6.27. The number of nitrogens with two attached hydrogens (primary N) is 1. The van der Waals surface area contributed by atoms with Gasteiger partial charge in [-0.2, -0.15) is 0 Å². The first-order valence-corrected chi connectivity index (χ1v) is 15.1. The lowest BCUT2D eigenvalue weighted by atomic mass is 9.56. The average molecular weight is 586 g/mol. The zero-order valence-corrected chi connectivity index (χ0v) is 27.0. The Kier molecular flexibility index (Phi) is 16.7. The predicted molar refractivity (Wildman–Crippen MR) is 161 cm³/mol. The van der Waals surface area contributed by atoms with E-state index in [1.54, 1.807) is 18.9 Å². The van der Waals surface area contributed by atoms with E-state index in [-0.39, 0.29) is 11.2 Å². The number of likely N-dealkylation sites (N-methyl/N-ethyl adjacent to an activating group) is 1. The van der Waals surface area contributed by atoms with Gasteiger partial charge in [0.15, 0.2) is 0 Å². The number of hydrogen-bond donors (Lipinski definition) is 1. The standard InChI is InChI=1S/C13H22O.C12H16BrNOS.C4H10.CH5N/c1-9-4-11-5-12(10(9)2)7-13(3,6-11)8-14;1-9(15)12(2,3)14(4)16-11-8-6-5-7-10(11)13;1-3-4-2;1-2/h8-12H,4-7H2,1-3H3;5-8H,1-4H3;3-4H2,1-2H3;2H2,1H3. The molecule has 1 aromatic carbocycles. The minimum atomic E-state index is -0.458. The number of rotatable bonds is 6. The molecule has 4 nitrogen and oxygen atoms in total. The average Bonchev–Trinajstić information content (AvgIpc) is 2.85. The number of aldehydes is 1. The molecule has 2 saturated carbocycles. The first kappa shape index (κ1) is 35.3. The van der Waals surface area contributed by atoms with Crippen LogP contribution in [0.5, 0.6) is 0 Å². The van der Waals surface area contributed by atoms with Gasteiger partial charge in [0, 0.05) is 14.8 Å². The Bertz CT molecular complexity index is 784. The van der Waals surface area contributed by atoms with Gasteiger partial charge in [-0.1, -0.05) is 59.6 Å². The quantitative estimate of drug-likeness (QED) is 0.268. The van der Waals surface area contributed by atoms with Gasteiger partial charge < -0.3 is 10.5 Å². The third-order valence-electron chi connectivity index (χ3n) is 7.97. The van der Waals surface area contributed by atoms with Gasteiger partial charge in [0.05, 0.1) is 5.54 Å². The summed E-state index contributed by atoms with van der Waals surface area (Å²) < 4.78 is 3.03. The number of carbonyl (C=O) groups excluding carboxylic acids is 2. The molecule has 5 atom stereocenters. The molecule has 0 radical (unpaired) electrons. The van der Waals surface area contributed by atoms with E-state index < -0.39 is 5.54 Å². The van der Waals surface area contributed by atoms with Crippen LogP contribution >= 0.6 is 27.9 Å². The summed E-state index contributed by atoms with van der Waals surface area (Å²) in [7, 11) is 3.44. The van der Waals surface area contributed by atoms with Crippen molar-refractivity contribution < 1.29 is 9.59 Å². The zero-order valence-electron chi connectivity index (χ0n) is 24.6. The molecule has 2 fully saturated rings. The second kappa shape index (κ2) is 17.0. The number of hydrogen-bond acceptors (Lipinski definition) is 5. The molecule has 6 heteroatoms. The highest BCUT2D eigenvalue weighted by atomic mass is 79.9. The second-order valence-corrected chi connectivity index (χ2v) is 13.3. The summed E-state index contributed by atoms with van der Waals surface area (Å²) in [6.45, 7) is 16.8. The highest BCUT2D eigenvalue weighted by Gasteiger charge is 2.43. The molecule has 208 valence electrons. The van der Waals surface area contributed by atoms with Gasteiger partial charge in [-0.15, -0.1) is 0 Å². The van der Waals surface area contributed by atoms with E-state index in [1.807, 2.05) is 49.5 Å². The summed E-state index contributed by atoms with van der Waals surface area (Å²) in [5.74, 6) is 3.50. The van der Waals surface area contributed by atoms with Gasteiger partial charge >= 0.3 is 0 Å². The first-order chi connectivity index (χ1) is 16.8. The largest absolute Gasteiger partial charge is 0.333 e. The molecule has 0 aromatic heterocycles. The van der Waals surface area contributed by atoms with E-state index in [4.69, 9.17) is 0 Å².